The lowest BCUT2D eigenvalue weighted by molar-refractivity contribution is -0.384. The summed E-state index contributed by atoms with van der Waals surface area (Å²) in [5.41, 5.74) is -0.0191. The van der Waals surface area contributed by atoms with E-state index in [9.17, 15) is 10.1 Å². The minimum atomic E-state index is -0.653. The van der Waals surface area contributed by atoms with Crippen LogP contribution in [0.25, 0.3) is 0 Å². The number of fused-ring (bicyclic) bond motifs is 1. The second-order valence-corrected chi connectivity index (χ2v) is 6.53. The Balaban J connectivity index is 2.02. The summed E-state index contributed by atoms with van der Waals surface area (Å²) >= 11 is 0. The van der Waals surface area contributed by atoms with Gasteiger partial charge in [-0.15, -0.1) is 0 Å². The molecule has 1 saturated heterocycles. The number of benzene rings is 1. The molecule has 0 amide bonds. The minimum absolute atomic E-state index is 0.0260. The van der Waals surface area contributed by atoms with Gasteiger partial charge in [0.15, 0.2) is 5.69 Å². The molecule has 2 aliphatic rings. The number of hydrogen-bond acceptors (Lipinski definition) is 6. The van der Waals surface area contributed by atoms with Gasteiger partial charge in [-0.05, 0) is 39.2 Å². The van der Waals surface area contributed by atoms with E-state index in [0.717, 1.165) is 0 Å². The van der Waals surface area contributed by atoms with Crippen LogP contribution in [0.3, 0.4) is 0 Å². The van der Waals surface area contributed by atoms with E-state index in [0.29, 0.717) is 30.1 Å². The fourth-order valence-corrected chi connectivity index (χ4v) is 2.51. The summed E-state index contributed by atoms with van der Waals surface area (Å²) in [6, 6.07) is 3.24. The highest BCUT2D eigenvalue weighted by atomic mass is 16.7. The Hall–Kier alpha value is -1.80. The highest BCUT2D eigenvalue weighted by molar-refractivity contribution is 6.62. The maximum atomic E-state index is 11.3. The molecule has 0 radical (unpaired) electrons. The smallest absolute Gasteiger partial charge is 0.489 e. The first kappa shape index (κ1) is 15.1. The van der Waals surface area contributed by atoms with Gasteiger partial charge in [0.25, 0.3) is 5.69 Å². The molecule has 8 heteroatoms. The van der Waals surface area contributed by atoms with Crippen LogP contribution in [-0.2, 0) is 9.31 Å². The summed E-state index contributed by atoms with van der Waals surface area (Å²) in [4.78, 5) is 10.9. The lowest BCUT2D eigenvalue weighted by atomic mass is 9.78. The van der Waals surface area contributed by atoms with Crippen molar-refractivity contribution in [1.29, 1.82) is 0 Å². The van der Waals surface area contributed by atoms with E-state index in [1.165, 1.54) is 6.07 Å². The fourth-order valence-electron chi connectivity index (χ4n) is 2.51. The zero-order valence-electron chi connectivity index (χ0n) is 13.1. The molecule has 0 aliphatic carbocycles. The molecule has 0 atom stereocenters. The van der Waals surface area contributed by atoms with Crippen LogP contribution < -0.4 is 15.5 Å². The van der Waals surface area contributed by atoms with E-state index in [-0.39, 0.29) is 5.69 Å². The standard InChI is InChI=1S/C14H19BN2O5/c1-13(2)14(3,4)22-15(21-13)9-7-10(17(18)19)12-11(8-9)20-6-5-16-12/h7-8,16H,5-6H2,1-4H3. The summed E-state index contributed by atoms with van der Waals surface area (Å²) in [6.45, 7) is 8.78. The SMILES string of the molecule is CC1(C)OB(c2cc3c(c([N+](=O)[O-])c2)NCCO3)OC1(C)C. The summed E-state index contributed by atoms with van der Waals surface area (Å²) in [5.74, 6) is 0.463. The molecule has 3 rings (SSSR count). The largest absolute Gasteiger partial charge is 0.495 e. The number of nitrogens with zero attached hydrogens (tertiary/aromatic N) is 1. The molecule has 118 valence electrons. The van der Waals surface area contributed by atoms with E-state index in [4.69, 9.17) is 14.0 Å². The van der Waals surface area contributed by atoms with Crippen molar-refractivity contribution in [3.05, 3.63) is 22.2 Å². The summed E-state index contributed by atoms with van der Waals surface area (Å²) < 4.78 is 17.5. The Kier molecular flexibility index (Phi) is 3.34. The first-order chi connectivity index (χ1) is 10.2. The zero-order valence-corrected chi connectivity index (χ0v) is 13.1. The van der Waals surface area contributed by atoms with Crippen LogP contribution in [-0.4, -0.2) is 36.4 Å². The van der Waals surface area contributed by atoms with E-state index in [1.807, 2.05) is 27.7 Å². The average molecular weight is 306 g/mol. The molecular formula is C14H19BN2O5. The van der Waals surface area contributed by atoms with Crippen LogP contribution in [0, 0.1) is 10.1 Å². The van der Waals surface area contributed by atoms with Gasteiger partial charge in [0.05, 0.1) is 16.1 Å². The van der Waals surface area contributed by atoms with E-state index >= 15 is 0 Å². The van der Waals surface area contributed by atoms with Gasteiger partial charge in [-0.2, -0.15) is 0 Å². The van der Waals surface area contributed by atoms with Crippen molar-refractivity contribution < 1.29 is 19.0 Å². The van der Waals surface area contributed by atoms with Crippen molar-refractivity contribution in [2.45, 2.75) is 38.9 Å². The van der Waals surface area contributed by atoms with Crippen LogP contribution in [0.5, 0.6) is 5.75 Å². The molecule has 0 bridgehead atoms. The molecule has 1 N–H and O–H groups in total. The van der Waals surface area contributed by atoms with Gasteiger partial charge < -0.3 is 19.4 Å². The highest BCUT2D eigenvalue weighted by Gasteiger charge is 2.52. The third-order valence-corrected chi connectivity index (χ3v) is 4.49. The van der Waals surface area contributed by atoms with Crippen LogP contribution in [0.2, 0.25) is 0 Å². The van der Waals surface area contributed by atoms with E-state index in [2.05, 4.69) is 5.32 Å². The summed E-state index contributed by atoms with van der Waals surface area (Å²) in [6.07, 6.45) is 0. The lowest BCUT2D eigenvalue weighted by Gasteiger charge is -2.32. The molecule has 0 spiro atoms. The van der Waals surface area contributed by atoms with Crippen LogP contribution in [0.4, 0.5) is 11.4 Å². The third kappa shape index (κ3) is 2.32. The number of nitro benzene ring substituents is 1. The normalized spacial score (nSPS) is 21.7. The van der Waals surface area contributed by atoms with Crippen molar-refractivity contribution in [3.63, 3.8) is 0 Å². The zero-order chi connectivity index (χ0) is 16.1. The molecule has 1 aromatic rings. The number of rotatable bonds is 2. The first-order valence-corrected chi connectivity index (χ1v) is 7.26. The Morgan fingerprint density at radius 1 is 1.23 bits per heavy atom. The Labute approximate surface area is 129 Å². The van der Waals surface area contributed by atoms with Crippen LogP contribution >= 0.6 is 0 Å². The Morgan fingerprint density at radius 2 is 1.86 bits per heavy atom. The average Bonchev–Trinajstić information content (AvgIpc) is 2.66. The maximum Gasteiger partial charge on any atom is 0.495 e. The predicted molar refractivity (Wildman–Crippen MR) is 82.8 cm³/mol. The van der Waals surface area contributed by atoms with Gasteiger partial charge >= 0.3 is 7.12 Å². The molecule has 7 nitrogen and oxygen atoms in total. The van der Waals surface area contributed by atoms with Crippen molar-refractivity contribution >= 4 is 24.0 Å². The number of nitrogens with one attached hydrogen (secondary N) is 1. The molecule has 0 saturated carbocycles. The Morgan fingerprint density at radius 3 is 2.45 bits per heavy atom. The van der Waals surface area contributed by atoms with Gasteiger partial charge in [0, 0.05) is 12.6 Å². The van der Waals surface area contributed by atoms with Gasteiger partial charge in [0.1, 0.15) is 12.4 Å². The maximum absolute atomic E-state index is 11.3. The molecule has 0 unspecified atom stereocenters. The summed E-state index contributed by atoms with van der Waals surface area (Å²) in [5, 5.41) is 14.3. The minimum Gasteiger partial charge on any atom is -0.489 e. The molecule has 2 heterocycles. The quantitative estimate of drug-likeness (QED) is 0.509. The highest BCUT2D eigenvalue weighted by Crippen LogP contribution is 2.39. The monoisotopic (exact) mass is 306 g/mol. The van der Waals surface area contributed by atoms with Crippen molar-refractivity contribution in [1.82, 2.24) is 0 Å². The van der Waals surface area contributed by atoms with Gasteiger partial charge in [-0.3, -0.25) is 10.1 Å². The number of hydrogen-bond donors (Lipinski definition) is 1. The molecule has 1 fully saturated rings. The van der Waals surface area contributed by atoms with Gasteiger partial charge in [-0.1, -0.05) is 0 Å². The van der Waals surface area contributed by atoms with E-state index < -0.39 is 23.2 Å². The molecule has 22 heavy (non-hydrogen) atoms. The fraction of sp³-hybridized carbons (Fsp3) is 0.571. The molecular weight excluding hydrogens is 287 g/mol. The topological polar surface area (TPSA) is 82.9 Å². The van der Waals surface area contributed by atoms with Gasteiger partial charge in [-0.25, -0.2) is 0 Å². The number of anilines is 1. The van der Waals surface area contributed by atoms with Crippen LogP contribution in [0.15, 0.2) is 12.1 Å². The Bertz CT molecular complexity index is 616. The van der Waals surface area contributed by atoms with Crippen molar-refractivity contribution in [2.75, 3.05) is 18.5 Å². The summed E-state index contributed by atoms with van der Waals surface area (Å²) in [7, 11) is -0.653. The van der Waals surface area contributed by atoms with Crippen molar-refractivity contribution in [3.8, 4) is 5.75 Å². The van der Waals surface area contributed by atoms with Crippen molar-refractivity contribution in [2.24, 2.45) is 0 Å². The lowest BCUT2D eigenvalue weighted by Crippen LogP contribution is -2.41. The number of nitro groups is 1. The second-order valence-electron chi connectivity index (χ2n) is 6.53. The molecule has 0 aromatic heterocycles. The van der Waals surface area contributed by atoms with E-state index in [1.54, 1.807) is 6.07 Å². The first-order valence-electron chi connectivity index (χ1n) is 7.26. The third-order valence-electron chi connectivity index (χ3n) is 4.49. The second kappa shape index (κ2) is 4.86. The predicted octanol–water partition coefficient (Wildman–Crippen LogP) is 1.70. The molecule has 2 aliphatic heterocycles. The molecule has 1 aromatic carbocycles. The van der Waals surface area contributed by atoms with Gasteiger partial charge in [0.2, 0.25) is 0 Å². The number of ether oxygens (including phenoxy) is 1. The van der Waals surface area contributed by atoms with Crippen LogP contribution in [0.1, 0.15) is 27.7 Å².